The minimum Gasteiger partial charge on any atom is -0.496 e. The molecule has 0 spiro atoms. The van der Waals surface area contributed by atoms with E-state index in [0.717, 1.165) is 5.56 Å². The molecule has 0 aromatic heterocycles. The smallest absolute Gasteiger partial charge is 0.322 e. The molecule has 25 heavy (non-hydrogen) atoms. The van der Waals surface area contributed by atoms with E-state index in [1.165, 1.54) is 4.90 Å². The maximum Gasteiger partial charge on any atom is 0.322 e. The quantitative estimate of drug-likeness (QED) is 0.877. The summed E-state index contributed by atoms with van der Waals surface area (Å²) in [4.78, 5) is 14.1. The third-order valence-corrected chi connectivity index (χ3v) is 4.42. The number of aliphatic hydroxyl groups is 1. The molecule has 1 heterocycles. The Kier molecular flexibility index (Phi) is 5.01. The summed E-state index contributed by atoms with van der Waals surface area (Å²) in [6, 6.07) is 10.1. The Labute approximate surface area is 150 Å². The molecule has 7 heteroatoms. The molecule has 2 aromatic carbocycles. The van der Waals surface area contributed by atoms with E-state index in [-0.39, 0.29) is 12.6 Å². The Balaban J connectivity index is 1.85. The summed E-state index contributed by atoms with van der Waals surface area (Å²) in [5.74, 6) is 1.19. The molecular formula is C18H19ClN2O4. The predicted molar refractivity (Wildman–Crippen MR) is 95.4 cm³/mol. The predicted octanol–water partition coefficient (Wildman–Crippen LogP) is 3.44. The second-order valence-corrected chi connectivity index (χ2v) is 6.13. The van der Waals surface area contributed by atoms with Crippen molar-refractivity contribution in [3.05, 3.63) is 52.5 Å². The van der Waals surface area contributed by atoms with Crippen LogP contribution in [0.5, 0.6) is 11.5 Å². The van der Waals surface area contributed by atoms with Crippen LogP contribution >= 0.6 is 11.6 Å². The van der Waals surface area contributed by atoms with Crippen molar-refractivity contribution in [1.82, 2.24) is 4.90 Å². The molecule has 0 saturated heterocycles. The first-order chi connectivity index (χ1) is 12.0. The number of urea groups is 1. The van der Waals surface area contributed by atoms with Crippen LogP contribution in [0.4, 0.5) is 10.5 Å². The van der Waals surface area contributed by atoms with Crippen molar-refractivity contribution >= 4 is 23.3 Å². The summed E-state index contributed by atoms with van der Waals surface area (Å²) in [6.07, 6.45) is -0.857. The van der Waals surface area contributed by atoms with Crippen LogP contribution in [0.1, 0.15) is 17.2 Å². The van der Waals surface area contributed by atoms with Crippen LogP contribution in [0.25, 0.3) is 0 Å². The molecule has 1 aliphatic rings. The summed E-state index contributed by atoms with van der Waals surface area (Å²) in [5, 5.41) is 13.9. The number of carbonyl (C=O) groups excluding carboxylic acids is 1. The molecule has 1 aliphatic heterocycles. The second kappa shape index (κ2) is 7.21. The molecular weight excluding hydrogens is 344 g/mol. The number of nitrogens with zero attached hydrogens (tertiary/aromatic N) is 1. The van der Waals surface area contributed by atoms with Gasteiger partial charge in [0.05, 0.1) is 27.3 Å². The van der Waals surface area contributed by atoms with Crippen molar-refractivity contribution in [2.75, 3.05) is 26.1 Å². The van der Waals surface area contributed by atoms with Crippen LogP contribution in [-0.4, -0.2) is 36.8 Å². The second-order valence-electron chi connectivity index (χ2n) is 5.70. The van der Waals surface area contributed by atoms with Gasteiger partial charge in [0.15, 0.2) is 0 Å². The van der Waals surface area contributed by atoms with Gasteiger partial charge in [0, 0.05) is 21.8 Å². The van der Waals surface area contributed by atoms with E-state index < -0.39 is 6.10 Å². The molecule has 2 N–H and O–H groups in total. The summed E-state index contributed by atoms with van der Waals surface area (Å²) in [5.41, 5.74) is 2.04. The van der Waals surface area contributed by atoms with Gasteiger partial charge in [-0.2, -0.15) is 0 Å². The normalized spacial score (nSPS) is 16.2. The lowest BCUT2D eigenvalue weighted by Gasteiger charge is -2.34. The lowest BCUT2D eigenvalue weighted by atomic mass is 9.95. The van der Waals surface area contributed by atoms with Crippen molar-refractivity contribution < 1.29 is 19.4 Å². The van der Waals surface area contributed by atoms with Gasteiger partial charge in [-0.15, -0.1) is 0 Å². The van der Waals surface area contributed by atoms with E-state index in [2.05, 4.69) is 5.32 Å². The topological polar surface area (TPSA) is 71.0 Å². The van der Waals surface area contributed by atoms with Crippen molar-refractivity contribution in [2.24, 2.45) is 0 Å². The van der Waals surface area contributed by atoms with E-state index in [0.29, 0.717) is 34.3 Å². The number of hydrogen-bond acceptors (Lipinski definition) is 4. The van der Waals surface area contributed by atoms with Gasteiger partial charge in [0.1, 0.15) is 17.6 Å². The Morgan fingerprint density at radius 3 is 2.44 bits per heavy atom. The largest absolute Gasteiger partial charge is 0.496 e. The summed E-state index contributed by atoms with van der Waals surface area (Å²) in [7, 11) is 3.11. The maximum absolute atomic E-state index is 12.6. The van der Waals surface area contributed by atoms with Crippen LogP contribution in [0.3, 0.4) is 0 Å². The van der Waals surface area contributed by atoms with Gasteiger partial charge in [-0.05, 0) is 36.4 Å². The number of hydrogen-bond donors (Lipinski definition) is 2. The molecule has 1 unspecified atom stereocenters. The lowest BCUT2D eigenvalue weighted by Crippen LogP contribution is -2.41. The number of ether oxygens (including phenoxy) is 2. The molecule has 1 atom stereocenters. The monoisotopic (exact) mass is 362 g/mol. The molecule has 6 nitrogen and oxygen atoms in total. The first-order valence-electron chi connectivity index (χ1n) is 7.76. The summed E-state index contributed by atoms with van der Waals surface area (Å²) in [6.45, 7) is 0.474. The van der Waals surface area contributed by atoms with E-state index in [4.69, 9.17) is 21.1 Å². The first-order valence-corrected chi connectivity index (χ1v) is 8.14. The fraction of sp³-hybridized carbons (Fsp3) is 0.278. The van der Waals surface area contributed by atoms with E-state index in [1.807, 2.05) is 0 Å². The minimum absolute atomic E-state index is 0.163. The Morgan fingerprint density at radius 1 is 1.16 bits per heavy atom. The van der Waals surface area contributed by atoms with Crippen LogP contribution < -0.4 is 14.8 Å². The highest BCUT2D eigenvalue weighted by atomic mass is 35.5. The minimum atomic E-state index is -0.857. The van der Waals surface area contributed by atoms with E-state index >= 15 is 0 Å². The van der Waals surface area contributed by atoms with Crippen LogP contribution in [0.2, 0.25) is 5.02 Å². The van der Waals surface area contributed by atoms with Gasteiger partial charge in [0.2, 0.25) is 0 Å². The number of benzene rings is 2. The van der Waals surface area contributed by atoms with Gasteiger partial charge < -0.3 is 24.8 Å². The Morgan fingerprint density at radius 2 is 1.80 bits per heavy atom. The number of methoxy groups -OCH3 is 2. The highest BCUT2D eigenvalue weighted by Gasteiger charge is 2.31. The molecule has 0 bridgehead atoms. The Hall–Kier alpha value is -2.44. The highest BCUT2D eigenvalue weighted by Crippen LogP contribution is 2.39. The van der Waals surface area contributed by atoms with Crippen LogP contribution in [0, 0.1) is 0 Å². The zero-order valence-electron chi connectivity index (χ0n) is 14.0. The zero-order chi connectivity index (χ0) is 18.0. The number of aliphatic hydroxyl groups excluding tert-OH is 1. The zero-order valence-corrected chi connectivity index (χ0v) is 14.7. The van der Waals surface area contributed by atoms with Gasteiger partial charge in [0.25, 0.3) is 0 Å². The number of amides is 2. The first kappa shape index (κ1) is 17.4. The molecule has 0 radical (unpaired) electrons. The standard InChI is InChI=1S/C18H19ClN2O4/c1-24-15-7-8-16(25-2)17-13(15)9-21(10-14(17)22)18(23)20-12-5-3-11(19)4-6-12/h3-8,14,22H,9-10H2,1-2H3,(H,20,23). The fourth-order valence-corrected chi connectivity index (χ4v) is 3.09. The van der Waals surface area contributed by atoms with Gasteiger partial charge >= 0.3 is 6.03 Å². The van der Waals surface area contributed by atoms with Crippen molar-refractivity contribution in [2.45, 2.75) is 12.6 Å². The molecule has 0 saturated carbocycles. The fourth-order valence-electron chi connectivity index (χ4n) is 2.97. The van der Waals surface area contributed by atoms with E-state index in [9.17, 15) is 9.90 Å². The summed E-state index contributed by atoms with van der Waals surface area (Å²) < 4.78 is 10.7. The van der Waals surface area contributed by atoms with Crippen molar-refractivity contribution in [1.29, 1.82) is 0 Å². The van der Waals surface area contributed by atoms with Crippen LogP contribution in [-0.2, 0) is 6.54 Å². The van der Waals surface area contributed by atoms with Gasteiger partial charge in [-0.1, -0.05) is 11.6 Å². The number of fused-ring (bicyclic) bond motifs is 1. The Bertz CT molecular complexity index is 779. The number of rotatable bonds is 3. The van der Waals surface area contributed by atoms with Gasteiger partial charge in [-0.25, -0.2) is 4.79 Å². The molecule has 0 aliphatic carbocycles. The van der Waals surface area contributed by atoms with Crippen molar-refractivity contribution in [3.8, 4) is 11.5 Å². The molecule has 2 aromatic rings. The lowest BCUT2D eigenvalue weighted by molar-refractivity contribution is 0.105. The third-order valence-electron chi connectivity index (χ3n) is 4.17. The molecule has 3 rings (SSSR count). The number of carbonyl (C=O) groups is 1. The van der Waals surface area contributed by atoms with Crippen LogP contribution in [0.15, 0.2) is 36.4 Å². The third kappa shape index (κ3) is 3.50. The highest BCUT2D eigenvalue weighted by molar-refractivity contribution is 6.30. The molecule has 0 fully saturated rings. The maximum atomic E-state index is 12.6. The average molecular weight is 363 g/mol. The number of anilines is 1. The molecule has 132 valence electrons. The number of β-amino-alcohol motifs (C(OH)–C–C–N with tert-alkyl or cyclic N) is 1. The van der Waals surface area contributed by atoms with Crippen molar-refractivity contribution in [3.63, 3.8) is 0 Å². The summed E-state index contributed by atoms with van der Waals surface area (Å²) >= 11 is 5.85. The molecule has 2 amide bonds. The SMILES string of the molecule is COc1ccc(OC)c2c1CN(C(=O)Nc1ccc(Cl)cc1)CC2O. The number of halogens is 1. The number of nitrogens with one attached hydrogen (secondary N) is 1. The average Bonchev–Trinajstić information content (AvgIpc) is 2.62. The van der Waals surface area contributed by atoms with E-state index in [1.54, 1.807) is 50.6 Å². The van der Waals surface area contributed by atoms with Gasteiger partial charge in [-0.3, -0.25) is 0 Å².